The maximum Gasteiger partial charge on any atom is 0.252 e. The molecule has 0 saturated heterocycles. The Bertz CT molecular complexity index is 891. The summed E-state index contributed by atoms with van der Waals surface area (Å²) >= 11 is 0. The van der Waals surface area contributed by atoms with Gasteiger partial charge in [-0.3, -0.25) is 0 Å². The monoisotopic (exact) mass is 381 g/mol. The predicted molar refractivity (Wildman–Crippen MR) is 104 cm³/mol. The second-order valence-corrected chi connectivity index (χ2v) is 7.20. The largest absolute Gasteiger partial charge is 0.491 e. The van der Waals surface area contributed by atoms with Gasteiger partial charge in [0.2, 0.25) is 5.88 Å². The molecule has 0 unspecified atom stereocenters. The van der Waals surface area contributed by atoms with Gasteiger partial charge in [0.25, 0.3) is 5.88 Å². The summed E-state index contributed by atoms with van der Waals surface area (Å²) in [7, 11) is 0. The maximum atomic E-state index is 9.24. The smallest absolute Gasteiger partial charge is 0.252 e. The van der Waals surface area contributed by atoms with Gasteiger partial charge >= 0.3 is 0 Å². The minimum Gasteiger partial charge on any atom is -0.491 e. The van der Waals surface area contributed by atoms with Crippen LogP contribution in [-0.2, 0) is 4.74 Å². The maximum absolute atomic E-state index is 9.24. The molecule has 146 valence electrons. The topological polar surface area (TPSA) is 90.0 Å². The second kappa shape index (κ2) is 7.88. The first-order valence-electron chi connectivity index (χ1n) is 9.42. The highest BCUT2D eigenvalue weighted by Gasteiger charge is 2.32. The van der Waals surface area contributed by atoms with Crippen molar-refractivity contribution in [2.45, 2.75) is 44.8 Å². The summed E-state index contributed by atoms with van der Waals surface area (Å²) in [5.74, 6) is 1.98. The molecule has 0 amide bonds. The molecule has 0 aliphatic heterocycles. The summed E-state index contributed by atoms with van der Waals surface area (Å²) in [4.78, 5) is 8.58. The zero-order valence-corrected chi connectivity index (χ0v) is 15.7. The fourth-order valence-corrected chi connectivity index (χ4v) is 2.96. The van der Waals surface area contributed by atoms with Crippen LogP contribution in [0.4, 0.5) is 0 Å². The molecule has 0 spiro atoms. The molecule has 2 aliphatic carbocycles. The number of aliphatic imine (C=N–C) groups is 1. The van der Waals surface area contributed by atoms with Crippen molar-refractivity contribution in [2.75, 3.05) is 0 Å². The summed E-state index contributed by atoms with van der Waals surface area (Å²) in [6.07, 6.45) is 9.92. The molecule has 2 aliphatic rings. The quantitative estimate of drug-likeness (QED) is 0.438. The normalized spacial score (nSPS) is 22.1. The van der Waals surface area contributed by atoms with Crippen molar-refractivity contribution in [3.05, 3.63) is 48.8 Å². The zero-order chi connectivity index (χ0) is 19.5. The molecule has 0 bridgehead atoms. The number of aromatic hydroxyl groups is 1. The standard InChI is InChI=1S/C21H23N3O4/c1-13(7-8-22-14(2)26-17-4-5-17)16-9-18(10-16)27-21-6-3-15(12-23-21)19-11-20(25)24-28-19/h3,6-8,11-12,16-18H,1,4-5,9-10H2,2H3,(H,24,25)/b8-7-,22-14+/t16-,18-. The van der Waals surface area contributed by atoms with Crippen LogP contribution in [-0.4, -0.2) is 33.4 Å². The average molecular weight is 381 g/mol. The molecule has 7 heteroatoms. The second-order valence-electron chi connectivity index (χ2n) is 7.20. The summed E-state index contributed by atoms with van der Waals surface area (Å²) < 4.78 is 16.5. The summed E-state index contributed by atoms with van der Waals surface area (Å²) in [6.45, 7) is 6.01. The molecule has 2 fully saturated rings. The number of ether oxygens (including phenoxy) is 2. The first-order chi connectivity index (χ1) is 13.6. The first-order valence-corrected chi connectivity index (χ1v) is 9.42. The van der Waals surface area contributed by atoms with Gasteiger partial charge in [-0.2, -0.15) is 0 Å². The lowest BCUT2D eigenvalue weighted by Crippen LogP contribution is -2.34. The van der Waals surface area contributed by atoms with Crippen LogP contribution in [0.2, 0.25) is 0 Å². The van der Waals surface area contributed by atoms with E-state index < -0.39 is 0 Å². The Kier molecular flexibility index (Phi) is 5.14. The van der Waals surface area contributed by atoms with Gasteiger partial charge in [0.15, 0.2) is 11.7 Å². The highest BCUT2D eigenvalue weighted by molar-refractivity contribution is 5.74. The van der Waals surface area contributed by atoms with Crippen LogP contribution in [0, 0.1) is 5.92 Å². The van der Waals surface area contributed by atoms with Crippen LogP contribution in [0.15, 0.2) is 58.3 Å². The Balaban J connectivity index is 1.22. The van der Waals surface area contributed by atoms with E-state index >= 15 is 0 Å². The predicted octanol–water partition coefficient (Wildman–Crippen LogP) is 4.27. The van der Waals surface area contributed by atoms with Gasteiger partial charge in [0, 0.05) is 37.0 Å². The minimum absolute atomic E-state index is 0.131. The number of rotatable bonds is 7. The van der Waals surface area contributed by atoms with Gasteiger partial charge in [0.1, 0.15) is 12.2 Å². The number of hydrogen-bond donors (Lipinski definition) is 1. The number of nitrogens with zero attached hydrogens (tertiary/aromatic N) is 3. The number of aromatic nitrogens is 2. The number of hydrogen-bond acceptors (Lipinski definition) is 7. The van der Waals surface area contributed by atoms with Crippen LogP contribution < -0.4 is 4.74 Å². The van der Waals surface area contributed by atoms with Gasteiger partial charge in [-0.1, -0.05) is 12.2 Å². The Morgan fingerprint density at radius 1 is 1.32 bits per heavy atom. The highest BCUT2D eigenvalue weighted by Crippen LogP contribution is 2.36. The lowest BCUT2D eigenvalue weighted by Gasteiger charge is -2.35. The van der Waals surface area contributed by atoms with Crippen LogP contribution >= 0.6 is 0 Å². The molecule has 2 aromatic rings. The minimum atomic E-state index is -0.151. The molecule has 2 saturated carbocycles. The van der Waals surface area contributed by atoms with E-state index in [9.17, 15) is 5.11 Å². The third-order valence-corrected chi connectivity index (χ3v) is 4.83. The van der Waals surface area contributed by atoms with Crippen molar-refractivity contribution in [3.8, 4) is 23.1 Å². The van der Waals surface area contributed by atoms with E-state index in [-0.39, 0.29) is 12.0 Å². The van der Waals surface area contributed by atoms with Crippen molar-refractivity contribution < 1.29 is 19.1 Å². The first kappa shape index (κ1) is 18.3. The van der Waals surface area contributed by atoms with Crippen LogP contribution in [0.3, 0.4) is 0 Å². The molecule has 0 atom stereocenters. The number of pyridine rings is 1. The fourth-order valence-electron chi connectivity index (χ4n) is 2.96. The number of allylic oxidation sites excluding steroid dienone is 2. The SMILES string of the molecule is C=C(/C=C\N=C(/C)OC1CC1)[C@H]1C[C@H](Oc2ccc(-c3cc(O)no3)cn2)C1. The van der Waals surface area contributed by atoms with Crippen LogP contribution in [0.25, 0.3) is 11.3 Å². The third-order valence-electron chi connectivity index (χ3n) is 4.83. The molecule has 0 aromatic carbocycles. The molecular formula is C21H23N3O4. The van der Waals surface area contributed by atoms with E-state index in [0.29, 0.717) is 29.6 Å². The summed E-state index contributed by atoms with van der Waals surface area (Å²) in [5, 5.41) is 12.7. The van der Waals surface area contributed by atoms with E-state index in [1.807, 2.05) is 19.1 Å². The van der Waals surface area contributed by atoms with Crippen molar-refractivity contribution in [1.29, 1.82) is 0 Å². The molecule has 2 heterocycles. The van der Waals surface area contributed by atoms with Crippen molar-refractivity contribution in [2.24, 2.45) is 10.9 Å². The Hall–Kier alpha value is -3.09. The van der Waals surface area contributed by atoms with E-state index in [1.54, 1.807) is 18.5 Å². The van der Waals surface area contributed by atoms with Crippen molar-refractivity contribution >= 4 is 5.90 Å². The van der Waals surface area contributed by atoms with Gasteiger partial charge in [-0.15, -0.1) is 0 Å². The highest BCUT2D eigenvalue weighted by atomic mass is 16.5. The average Bonchev–Trinajstić information content (AvgIpc) is 3.35. The molecule has 0 radical (unpaired) electrons. The summed E-state index contributed by atoms with van der Waals surface area (Å²) in [6, 6.07) is 5.05. The van der Waals surface area contributed by atoms with Crippen molar-refractivity contribution in [1.82, 2.24) is 10.1 Å². The summed E-state index contributed by atoms with van der Waals surface area (Å²) in [5.41, 5.74) is 1.78. The molecule has 4 rings (SSSR count). The third kappa shape index (κ3) is 4.60. The van der Waals surface area contributed by atoms with E-state index in [1.165, 1.54) is 6.07 Å². The molecular weight excluding hydrogens is 358 g/mol. The van der Waals surface area contributed by atoms with Crippen LogP contribution in [0.5, 0.6) is 11.8 Å². The lowest BCUT2D eigenvalue weighted by atomic mass is 9.77. The van der Waals surface area contributed by atoms with Gasteiger partial charge < -0.3 is 19.1 Å². The van der Waals surface area contributed by atoms with Gasteiger partial charge in [-0.25, -0.2) is 9.98 Å². The molecule has 1 N–H and O–H groups in total. The van der Waals surface area contributed by atoms with Gasteiger partial charge in [0.05, 0.1) is 0 Å². The van der Waals surface area contributed by atoms with E-state index in [2.05, 4.69) is 21.7 Å². The Labute approximate surface area is 163 Å². The van der Waals surface area contributed by atoms with E-state index in [4.69, 9.17) is 14.0 Å². The molecule has 28 heavy (non-hydrogen) atoms. The Morgan fingerprint density at radius 2 is 2.14 bits per heavy atom. The van der Waals surface area contributed by atoms with Gasteiger partial charge in [-0.05, 0) is 48.9 Å². The van der Waals surface area contributed by atoms with Crippen molar-refractivity contribution in [3.63, 3.8) is 0 Å². The molecule has 2 aromatic heterocycles. The molecule has 7 nitrogen and oxygen atoms in total. The Morgan fingerprint density at radius 3 is 2.79 bits per heavy atom. The fraction of sp³-hybridized carbons (Fsp3) is 0.381. The lowest BCUT2D eigenvalue weighted by molar-refractivity contribution is 0.0784. The zero-order valence-electron chi connectivity index (χ0n) is 15.7. The van der Waals surface area contributed by atoms with Crippen LogP contribution in [0.1, 0.15) is 32.6 Å². The van der Waals surface area contributed by atoms with E-state index in [0.717, 1.165) is 36.8 Å².